The van der Waals surface area contributed by atoms with Crippen molar-refractivity contribution < 1.29 is 0 Å². The number of hydrogen-bond donors (Lipinski definition) is 1. The van der Waals surface area contributed by atoms with E-state index in [1.54, 1.807) is 17.8 Å². The van der Waals surface area contributed by atoms with E-state index >= 15 is 0 Å². The molecule has 1 unspecified atom stereocenters. The topological polar surface area (TPSA) is 61.6 Å². The van der Waals surface area contributed by atoms with Crippen molar-refractivity contribution in [3.63, 3.8) is 0 Å². The lowest BCUT2D eigenvalue weighted by molar-refractivity contribution is 0.677. The molecule has 15 heavy (non-hydrogen) atoms. The van der Waals surface area contributed by atoms with Crippen LogP contribution in [0.5, 0.6) is 0 Å². The van der Waals surface area contributed by atoms with Gasteiger partial charge < -0.3 is 0 Å². The van der Waals surface area contributed by atoms with Crippen molar-refractivity contribution in [2.45, 2.75) is 37.8 Å². The minimum atomic E-state index is -0.128. The predicted molar refractivity (Wildman–Crippen MR) is 61.7 cm³/mol. The number of H-pyrrole nitrogens is 1. The zero-order chi connectivity index (χ0) is 11.3. The minimum Gasteiger partial charge on any atom is -0.298 e. The first-order valence-electron chi connectivity index (χ1n) is 4.94. The van der Waals surface area contributed by atoms with Crippen LogP contribution in [0.4, 0.5) is 0 Å². The Hall–Kier alpha value is -1.15. The fourth-order valence-corrected chi connectivity index (χ4v) is 1.95. The third kappa shape index (κ3) is 3.48. The Morgan fingerprint density at radius 2 is 2.47 bits per heavy atom. The standard InChI is InChI=1S/C10H15N3OS/c1-3-8(2)15-7-9-6-10(14)13(12-9)5-4-11/h6,8,12H,3,5,7H2,1-2H3. The second-order valence-corrected chi connectivity index (χ2v) is 4.82. The molecule has 0 fully saturated rings. The highest BCUT2D eigenvalue weighted by atomic mass is 32.2. The molecule has 1 N–H and O–H groups in total. The van der Waals surface area contributed by atoms with E-state index in [0.717, 1.165) is 17.9 Å². The molecule has 82 valence electrons. The molecule has 0 aromatic carbocycles. The van der Waals surface area contributed by atoms with Crippen LogP contribution in [0.2, 0.25) is 0 Å². The van der Waals surface area contributed by atoms with Crippen LogP contribution in [0, 0.1) is 11.3 Å². The van der Waals surface area contributed by atoms with E-state index in [1.165, 1.54) is 4.68 Å². The molecule has 0 aliphatic heterocycles. The van der Waals surface area contributed by atoms with Crippen LogP contribution >= 0.6 is 11.8 Å². The lowest BCUT2D eigenvalue weighted by Gasteiger charge is -2.05. The average Bonchev–Trinajstić information content (AvgIpc) is 2.57. The number of rotatable bonds is 5. The summed E-state index contributed by atoms with van der Waals surface area (Å²) in [6.07, 6.45) is 1.12. The Balaban J connectivity index is 2.60. The molecular weight excluding hydrogens is 210 g/mol. The summed E-state index contributed by atoms with van der Waals surface area (Å²) in [5.41, 5.74) is 0.761. The largest absolute Gasteiger partial charge is 0.298 e. The minimum absolute atomic E-state index is 0.0901. The van der Waals surface area contributed by atoms with Gasteiger partial charge in [-0.1, -0.05) is 13.8 Å². The van der Waals surface area contributed by atoms with E-state index in [-0.39, 0.29) is 12.1 Å². The molecule has 0 amide bonds. The van der Waals surface area contributed by atoms with Gasteiger partial charge in [0.05, 0.1) is 6.07 Å². The lowest BCUT2D eigenvalue weighted by atomic mass is 10.4. The highest BCUT2D eigenvalue weighted by Gasteiger charge is 2.04. The van der Waals surface area contributed by atoms with Crippen LogP contribution in [0.3, 0.4) is 0 Å². The maximum absolute atomic E-state index is 11.3. The summed E-state index contributed by atoms with van der Waals surface area (Å²) in [5.74, 6) is 0.794. The van der Waals surface area contributed by atoms with Gasteiger partial charge in [-0.05, 0) is 6.42 Å². The molecule has 0 spiro atoms. The summed E-state index contributed by atoms with van der Waals surface area (Å²) in [6.45, 7) is 4.39. The van der Waals surface area contributed by atoms with E-state index in [0.29, 0.717) is 5.25 Å². The molecule has 4 nitrogen and oxygen atoms in total. The van der Waals surface area contributed by atoms with Crippen LogP contribution in [0.25, 0.3) is 0 Å². The molecule has 5 heteroatoms. The highest BCUT2D eigenvalue weighted by molar-refractivity contribution is 7.99. The van der Waals surface area contributed by atoms with Crippen molar-refractivity contribution >= 4 is 11.8 Å². The number of hydrogen-bond acceptors (Lipinski definition) is 3. The SMILES string of the molecule is CCC(C)SCc1cc(=O)n(CC#N)[nH]1. The second-order valence-electron chi connectivity index (χ2n) is 3.39. The van der Waals surface area contributed by atoms with Gasteiger partial charge in [0.15, 0.2) is 0 Å². The molecular formula is C10H15N3OS. The number of nitrogens with one attached hydrogen (secondary N) is 1. The van der Waals surface area contributed by atoms with E-state index < -0.39 is 0 Å². The Morgan fingerprint density at radius 1 is 1.73 bits per heavy atom. The Morgan fingerprint density at radius 3 is 3.07 bits per heavy atom. The number of thioether (sulfide) groups is 1. The third-order valence-corrected chi connectivity index (χ3v) is 3.55. The zero-order valence-electron chi connectivity index (χ0n) is 8.99. The van der Waals surface area contributed by atoms with Crippen LogP contribution in [-0.4, -0.2) is 15.0 Å². The Kier molecular flexibility index (Phi) is 4.50. The summed E-state index contributed by atoms with van der Waals surface area (Å²) in [4.78, 5) is 11.3. The van der Waals surface area contributed by atoms with E-state index in [9.17, 15) is 4.79 Å². The predicted octanol–water partition coefficient (Wildman–Crippen LogP) is 1.73. The lowest BCUT2D eigenvalue weighted by Crippen LogP contribution is -2.14. The number of nitrogens with zero attached hydrogens (tertiary/aromatic N) is 2. The van der Waals surface area contributed by atoms with Crippen molar-refractivity contribution in [3.8, 4) is 6.07 Å². The van der Waals surface area contributed by atoms with Crippen molar-refractivity contribution in [3.05, 3.63) is 22.1 Å². The van der Waals surface area contributed by atoms with Crippen molar-refractivity contribution in [1.82, 2.24) is 9.78 Å². The molecule has 0 aliphatic rings. The van der Waals surface area contributed by atoms with Gasteiger partial charge in [0.25, 0.3) is 5.56 Å². The van der Waals surface area contributed by atoms with Crippen molar-refractivity contribution in [2.75, 3.05) is 0 Å². The first-order valence-corrected chi connectivity index (χ1v) is 5.99. The fourth-order valence-electron chi connectivity index (χ4n) is 1.10. The molecule has 0 bridgehead atoms. The number of aromatic nitrogens is 2. The fraction of sp³-hybridized carbons (Fsp3) is 0.600. The van der Waals surface area contributed by atoms with Gasteiger partial charge >= 0.3 is 0 Å². The van der Waals surface area contributed by atoms with Gasteiger partial charge in [-0.15, -0.1) is 0 Å². The van der Waals surface area contributed by atoms with Crippen LogP contribution in [0.1, 0.15) is 26.0 Å². The Bertz CT molecular complexity index is 402. The molecule has 1 aromatic rings. The first-order chi connectivity index (χ1) is 7.17. The molecule has 1 atom stereocenters. The molecule has 0 saturated carbocycles. The quantitative estimate of drug-likeness (QED) is 0.830. The van der Waals surface area contributed by atoms with Crippen LogP contribution in [-0.2, 0) is 12.3 Å². The first kappa shape index (κ1) is 11.9. The molecule has 0 radical (unpaired) electrons. The summed E-state index contributed by atoms with van der Waals surface area (Å²) in [5, 5.41) is 12.0. The van der Waals surface area contributed by atoms with Crippen molar-refractivity contribution in [1.29, 1.82) is 5.26 Å². The zero-order valence-corrected chi connectivity index (χ0v) is 9.80. The van der Waals surface area contributed by atoms with Gasteiger partial charge in [0, 0.05) is 22.8 Å². The molecule has 0 aliphatic carbocycles. The highest BCUT2D eigenvalue weighted by Crippen LogP contribution is 2.17. The number of nitriles is 1. The Labute approximate surface area is 93.3 Å². The molecule has 1 aromatic heterocycles. The summed E-state index contributed by atoms with van der Waals surface area (Å²) in [7, 11) is 0. The van der Waals surface area contributed by atoms with Gasteiger partial charge in [-0.3, -0.25) is 9.89 Å². The summed E-state index contributed by atoms with van der Waals surface area (Å²) in [6, 6.07) is 3.50. The summed E-state index contributed by atoms with van der Waals surface area (Å²) >= 11 is 1.80. The average molecular weight is 225 g/mol. The van der Waals surface area contributed by atoms with Crippen LogP contribution < -0.4 is 5.56 Å². The van der Waals surface area contributed by atoms with Gasteiger partial charge in [0.2, 0.25) is 0 Å². The smallest absolute Gasteiger partial charge is 0.267 e. The monoisotopic (exact) mass is 225 g/mol. The van der Waals surface area contributed by atoms with Crippen LogP contribution in [0.15, 0.2) is 10.9 Å². The molecule has 1 rings (SSSR count). The molecule has 0 saturated heterocycles. The maximum atomic E-state index is 11.3. The summed E-state index contributed by atoms with van der Waals surface area (Å²) < 4.78 is 1.33. The van der Waals surface area contributed by atoms with Gasteiger partial charge in [0.1, 0.15) is 6.54 Å². The van der Waals surface area contributed by atoms with E-state index in [1.807, 2.05) is 6.07 Å². The third-order valence-electron chi connectivity index (χ3n) is 2.17. The maximum Gasteiger partial charge on any atom is 0.267 e. The van der Waals surface area contributed by atoms with E-state index in [2.05, 4.69) is 18.9 Å². The number of aromatic amines is 1. The van der Waals surface area contributed by atoms with E-state index in [4.69, 9.17) is 5.26 Å². The van der Waals surface area contributed by atoms with Gasteiger partial charge in [-0.25, -0.2) is 4.68 Å². The van der Waals surface area contributed by atoms with Gasteiger partial charge in [-0.2, -0.15) is 17.0 Å². The van der Waals surface area contributed by atoms with Crippen molar-refractivity contribution in [2.24, 2.45) is 0 Å². The normalized spacial score (nSPS) is 12.3. The molecule has 1 heterocycles. The second kappa shape index (κ2) is 5.66.